The zero-order valence-corrected chi connectivity index (χ0v) is 18.0. The van der Waals surface area contributed by atoms with E-state index in [0.29, 0.717) is 47.7 Å². The van der Waals surface area contributed by atoms with E-state index < -0.39 is 0 Å². The van der Waals surface area contributed by atoms with Crippen molar-refractivity contribution in [1.29, 1.82) is 0 Å². The summed E-state index contributed by atoms with van der Waals surface area (Å²) in [5, 5.41) is 4.22. The van der Waals surface area contributed by atoms with E-state index in [2.05, 4.69) is 5.32 Å². The molecule has 2 aromatic rings. The van der Waals surface area contributed by atoms with Gasteiger partial charge in [-0.05, 0) is 61.4 Å². The van der Waals surface area contributed by atoms with Crippen LogP contribution in [0.25, 0.3) is 0 Å². The van der Waals surface area contributed by atoms with Crippen LogP contribution >= 0.6 is 23.2 Å². The van der Waals surface area contributed by atoms with Crippen LogP contribution in [-0.4, -0.2) is 49.1 Å². The second-order valence-electron chi connectivity index (χ2n) is 7.02. The predicted molar refractivity (Wildman–Crippen MR) is 116 cm³/mol. The lowest BCUT2D eigenvalue weighted by molar-refractivity contribution is -0.133. The third kappa shape index (κ3) is 7.11. The van der Waals surface area contributed by atoms with Crippen molar-refractivity contribution in [2.75, 3.05) is 26.3 Å². The quantitative estimate of drug-likeness (QED) is 0.660. The highest BCUT2D eigenvalue weighted by Gasteiger charge is 2.23. The van der Waals surface area contributed by atoms with Crippen molar-refractivity contribution in [1.82, 2.24) is 10.2 Å². The van der Waals surface area contributed by atoms with Gasteiger partial charge in [-0.1, -0.05) is 23.2 Å². The number of benzene rings is 2. The maximum absolute atomic E-state index is 12.4. The molecule has 3 rings (SSSR count). The van der Waals surface area contributed by atoms with Crippen LogP contribution < -0.4 is 14.8 Å². The lowest BCUT2D eigenvalue weighted by atomic mass is 10.0. The first-order valence-electron chi connectivity index (χ1n) is 9.83. The molecule has 0 aromatic heterocycles. The molecule has 6 nitrogen and oxygen atoms in total. The fourth-order valence-corrected chi connectivity index (χ4v) is 3.42. The summed E-state index contributed by atoms with van der Waals surface area (Å²) in [5.74, 6) is 1.16. The number of likely N-dealkylation sites (tertiary alicyclic amines) is 1. The summed E-state index contributed by atoms with van der Waals surface area (Å²) >= 11 is 11.7. The zero-order chi connectivity index (χ0) is 21.3. The van der Waals surface area contributed by atoms with Crippen molar-refractivity contribution in [3.05, 3.63) is 58.6 Å². The Balaban J connectivity index is 1.31. The third-order valence-corrected chi connectivity index (χ3v) is 5.30. The highest BCUT2D eigenvalue weighted by atomic mass is 35.5. The Hall–Kier alpha value is -2.44. The second kappa shape index (κ2) is 11.1. The molecule has 0 unspecified atom stereocenters. The van der Waals surface area contributed by atoms with Crippen molar-refractivity contribution in [3.8, 4) is 11.5 Å². The van der Waals surface area contributed by atoms with E-state index >= 15 is 0 Å². The number of halogens is 2. The van der Waals surface area contributed by atoms with Gasteiger partial charge in [0.25, 0.3) is 5.91 Å². The molecule has 0 bridgehead atoms. The second-order valence-corrected chi connectivity index (χ2v) is 7.89. The lowest BCUT2D eigenvalue weighted by Crippen LogP contribution is -2.47. The minimum Gasteiger partial charge on any atom is -0.493 e. The van der Waals surface area contributed by atoms with E-state index in [1.54, 1.807) is 48.5 Å². The first-order chi connectivity index (χ1) is 14.5. The topological polar surface area (TPSA) is 67.9 Å². The van der Waals surface area contributed by atoms with E-state index in [4.69, 9.17) is 32.7 Å². The molecule has 8 heteroatoms. The predicted octanol–water partition coefficient (Wildman–Crippen LogP) is 3.95. The summed E-state index contributed by atoms with van der Waals surface area (Å²) in [6, 6.07) is 13.9. The Bertz CT molecular complexity index is 835. The van der Waals surface area contributed by atoms with Crippen LogP contribution in [0.1, 0.15) is 19.3 Å². The molecule has 2 amide bonds. The fraction of sp³-hybridized carbons (Fsp3) is 0.364. The fourth-order valence-electron chi connectivity index (χ4n) is 3.17. The molecule has 1 heterocycles. The Morgan fingerprint density at radius 1 is 0.900 bits per heavy atom. The number of hydrogen-bond acceptors (Lipinski definition) is 4. The summed E-state index contributed by atoms with van der Waals surface area (Å²) in [5.41, 5.74) is 0. The summed E-state index contributed by atoms with van der Waals surface area (Å²) in [7, 11) is 0. The highest BCUT2D eigenvalue weighted by molar-refractivity contribution is 6.30. The van der Waals surface area contributed by atoms with Gasteiger partial charge in [0.15, 0.2) is 6.61 Å². The van der Waals surface area contributed by atoms with Gasteiger partial charge in [0, 0.05) is 29.2 Å². The van der Waals surface area contributed by atoms with Gasteiger partial charge < -0.3 is 19.7 Å². The molecular formula is C22H24Cl2N2O4. The van der Waals surface area contributed by atoms with Crippen LogP contribution in [0, 0.1) is 0 Å². The SMILES string of the molecule is O=C(COc1ccc(Cl)cc1)NC1CCN(C(=O)CCOc2ccc(Cl)cc2)CC1. The lowest BCUT2D eigenvalue weighted by Gasteiger charge is -2.32. The van der Waals surface area contributed by atoms with Crippen molar-refractivity contribution in [2.45, 2.75) is 25.3 Å². The molecule has 2 aromatic carbocycles. The smallest absolute Gasteiger partial charge is 0.258 e. The number of nitrogens with zero attached hydrogens (tertiary/aromatic N) is 1. The van der Waals surface area contributed by atoms with Crippen LogP contribution in [-0.2, 0) is 9.59 Å². The van der Waals surface area contributed by atoms with Gasteiger partial charge in [0.1, 0.15) is 11.5 Å². The Kier molecular flexibility index (Phi) is 8.22. The van der Waals surface area contributed by atoms with Gasteiger partial charge in [-0.15, -0.1) is 0 Å². The van der Waals surface area contributed by atoms with E-state index in [0.717, 1.165) is 12.8 Å². The summed E-state index contributed by atoms with van der Waals surface area (Å²) in [4.78, 5) is 26.3. The largest absolute Gasteiger partial charge is 0.493 e. The number of carbonyl (C=O) groups excluding carboxylic acids is 2. The van der Waals surface area contributed by atoms with Gasteiger partial charge in [0.2, 0.25) is 5.91 Å². The monoisotopic (exact) mass is 450 g/mol. The number of amides is 2. The van der Waals surface area contributed by atoms with Crippen molar-refractivity contribution in [2.24, 2.45) is 0 Å². The van der Waals surface area contributed by atoms with E-state index in [-0.39, 0.29) is 24.5 Å². The number of piperidine rings is 1. The minimum atomic E-state index is -0.175. The molecule has 0 spiro atoms. The Morgan fingerprint density at radius 3 is 2.00 bits per heavy atom. The molecule has 0 aliphatic carbocycles. The molecule has 0 radical (unpaired) electrons. The standard InChI is InChI=1S/C22H24Cl2N2O4/c23-16-1-5-19(6-2-16)29-14-11-22(28)26-12-9-18(10-13-26)25-21(27)15-30-20-7-3-17(24)4-8-20/h1-8,18H,9-15H2,(H,25,27). The van der Waals surface area contributed by atoms with Crippen molar-refractivity contribution < 1.29 is 19.1 Å². The molecule has 1 saturated heterocycles. The third-order valence-electron chi connectivity index (χ3n) is 4.79. The van der Waals surface area contributed by atoms with E-state index in [1.165, 1.54) is 0 Å². The molecule has 160 valence electrons. The van der Waals surface area contributed by atoms with E-state index in [9.17, 15) is 9.59 Å². The number of rotatable bonds is 8. The van der Waals surface area contributed by atoms with Crippen LogP contribution in [0.15, 0.2) is 48.5 Å². The van der Waals surface area contributed by atoms with Crippen LogP contribution in [0.3, 0.4) is 0 Å². The van der Waals surface area contributed by atoms with Gasteiger partial charge >= 0.3 is 0 Å². The number of hydrogen-bond donors (Lipinski definition) is 1. The average molecular weight is 451 g/mol. The van der Waals surface area contributed by atoms with Crippen LogP contribution in [0.5, 0.6) is 11.5 Å². The Morgan fingerprint density at radius 2 is 1.43 bits per heavy atom. The van der Waals surface area contributed by atoms with Gasteiger partial charge in [-0.2, -0.15) is 0 Å². The molecular weight excluding hydrogens is 427 g/mol. The Labute approximate surface area is 186 Å². The zero-order valence-electron chi connectivity index (χ0n) is 16.5. The normalized spacial score (nSPS) is 14.3. The van der Waals surface area contributed by atoms with Crippen LogP contribution in [0.2, 0.25) is 10.0 Å². The number of nitrogens with one attached hydrogen (secondary N) is 1. The first kappa shape index (κ1) is 22.2. The maximum Gasteiger partial charge on any atom is 0.258 e. The van der Waals surface area contributed by atoms with Gasteiger partial charge in [-0.25, -0.2) is 0 Å². The minimum absolute atomic E-state index is 0.0423. The van der Waals surface area contributed by atoms with Crippen LogP contribution in [0.4, 0.5) is 0 Å². The molecule has 0 saturated carbocycles. The average Bonchev–Trinajstić information content (AvgIpc) is 2.75. The molecule has 0 atom stereocenters. The summed E-state index contributed by atoms with van der Waals surface area (Å²) < 4.78 is 11.0. The number of carbonyl (C=O) groups is 2. The van der Waals surface area contributed by atoms with Crippen molar-refractivity contribution in [3.63, 3.8) is 0 Å². The van der Waals surface area contributed by atoms with Gasteiger partial charge in [-0.3, -0.25) is 9.59 Å². The molecule has 1 N–H and O–H groups in total. The first-order valence-corrected chi connectivity index (χ1v) is 10.6. The van der Waals surface area contributed by atoms with E-state index in [1.807, 2.05) is 4.90 Å². The molecule has 1 aliphatic rings. The number of ether oxygens (including phenoxy) is 2. The summed E-state index contributed by atoms with van der Waals surface area (Å²) in [6.45, 7) is 1.49. The summed E-state index contributed by atoms with van der Waals surface area (Å²) in [6.07, 6.45) is 1.75. The van der Waals surface area contributed by atoms with Crippen molar-refractivity contribution >= 4 is 35.0 Å². The molecule has 1 fully saturated rings. The molecule has 1 aliphatic heterocycles. The van der Waals surface area contributed by atoms with Gasteiger partial charge in [0.05, 0.1) is 13.0 Å². The molecule has 30 heavy (non-hydrogen) atoms. The maximum atomic E-state index is 12.4. The highest BCUT2D eigenvalue weighted by Crippen LogP contribution is 2.17.